The third-order valence-electron chi connectivity index (χ3n) is 3.58. The summed E-state index contributed by atoms with van der Waals surface area (Å²) in [5.41, 5.74) is -0.0551. The topological polar surface area (TPSA) is 103 Å². The summed E-state index contributed by atoms with van der Waals surface area (Å²) in [5, 5.41) is 13.6. The molecule has 2 rings (SSSR count). The molecule has 0 spiro atoms. The zero-order chi connectivity index (χ0) is 17.9. The van der Waals surface area contributed by atoms with Gasteiger partial charge in [0, 0.05) is 11.6 Å². The van der Waals surface area contributed by atoms with E-state index in [0.29, 0.717) is 11.4 Å². The molecule has 0 bridgehead atoms. The average Bonchev–Trinajstić information content (AvgIpc) is 2.56. The Morgan fingerprint density at radius 1 is 1.38 bits per heavy atom. The molecule has 0 fully saturated rings. The van der Waals surface area contributed by atoms with E-state index in [4.69, 9.17) is 4.74 Å². The van der Waals surface area contributed by atoms with Crippen molar-refractivity contribution in [1.29, 1.82) is 0 Å². The molecule has 0 radical (unpaired) electrons. The van der Waals surface area contributed by atoms with Crippen LogP contribution < -0.4 is 15.6 Å². The predicted molar refractivity (Wildman–Crippen MR) is 88.4 cm³/mol. The number of anilines is 1. The molecular formula is C16H17N3O5. The van der Waals surface area contributed by atoms with Crippen LogP contribution in [0.4, 0.5) is 11.4 Å². The molecule has 1 N–H and O–H groups in total. The van der Waals surface area contributed by atoms with Crippen molar-refractivity contribution >= 4 is 17.3 Å². The molecule has 1 aromatic carbocycles. The number of nitro groups is 1. The molecule has 0 aliphatic rings. The molecule has 8 heteroatoms. The lowest BCUT2D eigenvalue weighted by atomic mass is 10.2. The van der Waals surface area contributed by atoms with Gasteiger partial charge in [-0.05, 0) is 26.0 Å². The number of hydrogen-bond acceptors (Lipinski definition) is 5. The Balaban J connectivity index is 2.34. The van der Waals surface area contributed by atoms with Crippen molar-refractivity contribution in [3.63, 3.8) is 0 Å². The number of aromatic nitrogens is 1. The van der Waals surface area contributed by atoms with Crippen LogP contribution in [0.2, 0.25) is 0 Å². The molecule has 8 nitrogen and oxygen atoms in total. The van der Waals surface area contributed by atoms with Gasteiger partial charge >= 0.3 is 0 Å². The van der Waals surface area contributed by atoms with Crippen LogP contribution in [-0.4, -0.2) is 22.5 Å². The fourth-order valence-corrected chi connectivity index (χ4v) is 2.22. The molecule has 0 aliphatic heterocycles. The highest BCUT2D eigenvalue weighted by Crippen LogP contribution is 2.24. The van der Waals surface area contributed by atoms with Gasteiger partial charge in [-0.3, -0.25) is 24.3 Å². The number of aryl methyl sites for hydroxylation is 1. The Morgan fingerprint density at radius 2 is 2.04 bits per heavy atom. The van der Waals surface area contributed by atoms with Crippen molar-refractivity contribution in [2.24, 2.45) is 0 Å². The second kappa shape index (κ2) is 6.95. The van der Waals surface area contributed by atoms with Crippen LogP contribution in [0.25, 0.3) is 0 Å². The number of carbonyl (C=O) groups excluding carboxylic acids is 1. The SMILES string of the molecule is COc1ccccc1NC(=O)C(C)n1cc([N+](=O)[O-])cc(C)c1=O. The molecule has 24 heavy (non-hydrogen) atoms. The maximum Gasteiger partial charge on any atom is 0.286 e. The van der Waals surface area contributed by atoms with Crippen molar-refractivity contribution in [2.75, 3.05) is 12.4 Å². The van der Waals surface area contributed by atoms with Crippen LogP contribution in [0, 0.1) is 17.0 Å². The zero-order valence-electron chi connectivity index (χ0n) is 13.5. The smallest absolute Gasteiger partial charge is 0.286 e. The largest absolute Gasteiger partial charge is 0.495 e. The monoisotopic (exact) mass is 331 g/mol. The minimum absolute atomic E-state index is 0.196. The van der Waals surface area contributed by atoms with Gasteiger partial charge in [-0.15, -0.1) is 0 Å². The van der Waals surface area contributed by atoms with Gasteiger partial charge in [-0.25, -0.2) is 0 Å². The number of hydrogen-bond donors (Lipinski definition) is 1. The molecule has 1 aromatic heterocycles. The summed E-state index contributed by atoms with van der Waals surface area (Å²) in [7, 11) is 1.48. The first-order valence-corrected chi connectivity index (χ1v) is 7.16. The van der Waals surface area contributed by atoms with Crippen LogP contribution in [0.5, 0.6) is 5.75 Å². The number of nitrogens with zero attached hydrogens (tertiary/aromatic N) is 2. The van der Waals surface area contributed by atoms with Gasteiger partial charge < -0.3 is 10.1 Å². The van der Waals surface area contributed by atoms with Crippen LogP contribution >= 0.6 is 0 Å². The maximum absolute atomic E-state index is 12.4. The first kappa shape index (κ1) is 17.2. The lowest BCUT2D eigenvalue weighted by molar-refractivity contribution is -0.385. The fraction of sp³-hybridized carbons (Fsp3) is 0.250. The molecule has 1 atom stereocenters. The van der Waals surface area contributed by atoms with Gasteiger partial charge in [0.1, 0.15) is 11.8 Å². The van der Waals surface area contributed by atoms with E-state index in [-0.39, 0.29) is 11.3 Å². The molecule has 1 heterocycles. The molecular weight excluding hydrogens is 314 g/mol. The second-order valence-corrected chi connectivity index (χ2v) is 5.22. The standard InChI is InChI=1S/C16H17N3O5/c1-10-8-12(19(22)23)9-18(16(10)21)11(2)15(20)17-13-6-4-5-7-14(13)24-3/h4-9,11H,1-3H3,(H,17,20). The molecule has 0 saturated heterocycles. The van der Waals surface area contributed by atoms with Crippen molar-refractivity contribution in [3.8, 4) is 5.75 Å². The summed E-state index contributed by atoms with van der Waals surface area (Å²) in [5.74, 6) is -0.0119. The zero-order valence-corrected chi connectivity index (χ0v) is 13.5. The van der Waals surface area contributed by atoms with E-state index in [1.54, 1.807) is 24.3 Å². The number of nitrogens with one attached hydrogen (secondary N) is 1. The summed E-state index contributed by atoms with van der Waals surface area (Å²) in [6.07, 6.45) is 1.07. The van der Waals surface area contributed by atoms with Crippen LogP contribution in [0.1, 0.15) is 18.5 Å². The van der Waals surface area contributed by atoms with Crippen LogP contribution in [-0.2, 0) is 4.79 Å². The number of ether oxygens (including phenoxy) is 1. The highest BCUT2D eigenvalue weighted by molar-refractivity contribution is 5.94. The number of carbonyl (C=O) groups is 1. The van der Waals surface area contributed by atoms with Crippen molar-refractivity contribution < 1.29 is 14.5 Å². The van der Waals surface area contributed by atoms with Crippen molar-refractivity contribution in [2.45, 2.75) is 19.9 Å². The highest BCUT2D eigenvalue weighted by Gasteiger charge is 2.21. The molecule has 0 aliphatic carbocycles. The second-order valence-electron chi connectivity index (χ2n) is 5.22. The van der Waals surface area contributed by atoms with Gasteiger partial charge in [0.05, 0.1) is 23.9 Å². The first-order chi connectivity index (χ1) is 11.3. The summed E-state index contributed by atoms with van der Waals surface area (Å²) >= 11 is 0. The summed E-state index contributed by atoms with van der Waals surface area (Å²) in [6.45, 7) is 2.96. The minimum Gasteiger partial charge on any atom is -0.495 e. The number of para-hydroxylation sites is 2. The van der Waals surface area contributed by atoms with E-state index < -0.39 is 22.4 Å². The van der Waals surface area contributed by atoms with Gasteiger partial charge in [-0.2, -0.15) is 0 Å². The van der Waals surface area contributed by atoms with E-state index >= 15 is 0 Å². The van der Waals surface area contributed by atoms with Gasteiger partial charge in [0.15, 0.2) is 0 Å². The third-order valence-corrected chi connectivity index (χ3v) is 3.58. The Labute approximate surface area is 137 Å². The van der Waals surface area contributed by atoms with E-state index in [1.165, 1.54) is 27.0 Å². The molecule has 126 valence electrons. The molecule has 2 aromatic rings. The molecule has 1 unspecified atom stereocenters. The van der Waals surface area contributed by atoms with Crippen LogP contribution in [0.3, 0.4) is 0 Å². The van der Waals surface area contributed by atoms with E-state index in [1.807, 2.05) is 0 Å². The van der Waals surface area contributed by atoms with Crippen molar-refractivity contribution in [1.82, 2.24) is 4.57 Å². The van der Waals surface area contributed by atoms with E-state index in [2.05, 4.69) is 5.32 Å². The Kier molecular flexibility index (Phi) is 4.98. The predicted octanol–water partition coefficient (Wildman–Crippen LogP) is 2.27. The van der Waals surface area contributed by atoms with Gasteiger partial charge in [0.25, 0.3) is 11.2 Å². The lowest BCUT2D eigenvalue weighted by Gasteiger charge is -2.16. The van der Waals surface area contributed by atoms with Gasteiger partial charge in [-0.1, -0.05) is 12.1 Å². The number of amides is 1. The summed E-state index contributed by atoms with van der Waals surface area (Å²) < 4.78 is 6.21. The first-order valence-electron chi connectivity index (χ1n) is 7.16. The Hall–Kier alpha value is -3.16. The fourth-order valence-electron chi connectivity index (χ4n) is 2.22. The average molecular weight is 331 g/mol. The number of rotatable bonds is 5. The highest BCUT2D eigenvalue weighted by atomic mass is 16.6. The summed E-state index contributed by atoms with van der Waals surface area (Å²) in [6, 6.07) is 7.08. The quantitative estimate of drug-likeness (QED) is 0.668. The molecule has 1 amide bonds. The Bertz CT molecular complexity index is 844. The third kappa shape index (κ3) is 3.43. The number of pyridine rings is 1. The van der Waals surface area contributed by atoms with Gasteiger partial charge in [0.2, 0.25) is 5.91 Å². The number of benzene rings is 1. The minimum atomic E-state index is -0.930. The normalized spacial score (nSPS) is 11.6. The molecule has 0 saturated carbocycles. The van der Waals surface area contributed by atoms with E-state index in [0.717, 1.165) is 10.8 Å². The van der Waals surface area contributed by atoms with Crippen molar-refractivity contribution in [3.05, 3.63) is 62.6 Å². The maximum atomic E-state index is 12.4. The van der Waals surface area contributed by atoms with E-state index in [9.17, 15) is 19.7 Å². The number of methoxy groups -OCH3 is 1. The lowest BCUT2D eigenvalue weighted by Crippen LogP contribution is -2.32. The Morgan fingerprint density at radius 3 is 2.67 bits per heavy atom. The summed E-state index contributed by atoms with van der Waals surface area (Å²) in [4.78, 5) is 35.0. The van der Waals surface area contributed by atoms with Crippen LogP contribution in [0.15, 0.2) is 41.3 Å².